The first-order chi connectivity index (χ1) is 9.86. The number of nitrogens with zero attached hydrogens (tertiary/aromatic N) is 1. The molecule has 1 heterocycles. The Hall–Kier alpha value is -0.500. The molecule has 0 bridgehead atoms. The van der Waals surface area contributed by atoms with E-state index in [0.717, 1.165) is 24.3 Å². The lowest BCUT2D eigenvalue weighted by Gasteiger charge is -2.28. The maximum Gasteiger partial charge on any atom is 0.0267 e. The Kier molecular flexibility index (Phi) is 6.60. The van der Waals surface area contributed by atoms with Crippen LogP contribution in [0.3, 0.4) is 0 Å². The second-order valence-corrected chi connectivity index (χ2v) is 6.61. The molecule has 0 N–H and O–H groups in total. The molecule has 1 nitrogen and oxygen atoms in total. The fourth-order valence-corrected chi connectivity index (χ4v) is 4.19. The smallest absolute Gasteiger partial charge is 0.0267 e. The Morgan fingerprint density at radius 1 is 1.10 bits per heavy atom. The molecule has 0 aromatic heterocycles. The van der Waals surface area contributed by atoms with Gasteiger partial charge in [-0.2, -0.15) is 0 Å². The van der Waals surface area contributed by atoms with Gasteiger partial charge in [-0.3, -0.25) is 4.90 Å². The van der Waals surface area contributed by atoms with Crippen molar-refractivity contribution in [2.75, 3.05) is 19.0 Å². The summed E-state index contributed by atoms with van der Waals surface area (Å²) >= 11 is 6.25. The largest absolute Gasteiger partial charge is 0.298 e. The molecule has 2 aliphatic rings. The molecule has 1 aromatic carbocycles. The number of rotatable bonds is 4. The topological polar surface area (TPSA) is 3.24 Å². The molecular formula is C18H25Cl2N. The van der Waals surface area contributed by atoms with E-state index in [2.05, 4.69) is 47.4 Å². The number of hydrogen-bond acceptors (Lipinski definition) is 1. The normalized spacial score (nSPS) is 29.3. The summed E-state index contributed by atoms with van der Waals surface area (Å²) in [5, 5.41) is 0. The van der Waals surface area contributed by atoms with Crippen molar-refractivity contribution in [3.63, 3.8) is 0 Å². The summed E-state index contributed by atoms with van der Waals surface area (Å²) in [5.74, 6) is 3.14. The SMILES string of the molecule is Cl.ClC[C@H]1CN(Cc2ccccc2)C[C@H]1C1CC=CCC1. The predicted molar refractivity (Wildman–Crippen MR) is 93.1 cm³/mol. The van der Waals surface area contributed by atoms with Gasteiger partial charge in [-0.25, -0.2) is 0 Å². The van der Waals surface area contributed by atoms with Gasteiger partial charge in [0.25, 0.3) is 0 Å². The lowest BCUT2D eigenvalue weighted by atomic mass is 9.78. The van der Waals surface area contributed by atoms with Crippen molar-refractivity contribution in [2.45, 2.75) is 25.8 Å². The van der Waals surface area contributed by atoms with Crippen LogP contribution in [0.4, 0.5) is 0 Å². The standard InChI is InChI=1S/C18H24ClN.ClH/c19-11-17-13-20(12-15-7-3-1-4-8-15)14-18(17)16-9-5-2-6-10-16;/h1-5,7-8,16-18H,6,9-14H2;1H/t16?,17-,18-;/m0./s1. The number of alkyl halides is 1. The zero-order chi connectivity index (χ0) is 13.8. The monoisotopic (exact) mass is 325 g/mol. The van der Waals surface area contributed by atoms with Crippen molar-refractivity contribution in [1.82, 2.24) is 4.90 Å². The molecule has 116 valence electrons. The summed E-state index contributed by atoms with van der Waals surface area (Å²) in [6, 6.07) is 10.8. The summed E-state index contributed by atoms with van der Waals surface area (Å²) in [6.45, 7) is 3.47. The third-order valence-corrected chi connectivity index (χ3v) is 5.33. The highest BCUT2D eigenvalue weighted by Gasteiger charge is 2.36. The van der Waals surface area contributed by atoms with Crippen LogP contribution in [0.1, 0.15) is 24.8 Å². The fourth-order valence-electron chi connectivity index (χ4n) is 3.86. The molecule has 3 rings (SSSR count). The fraction of sp³-hybridized carbons (Fsp3) is 0.556. The van der Waals surface area contributed by atoms with E-state index in [0.29, 0.717) is 5.92 Å². The van der Waals surface area contributed by atoms with E-state index in [1.54, 1.807) is 0 Å². The molecule has 1 saturated heterocycles. The van der Waals surface area contributed by atoms with Crippen LogP contribution in [0.2, 0.25) is 0 Å². The van der Waals surface area contributed by atoms with Crippen LogP contribution in [0.15, 0.2) is 42.5 Å². The van der Waals surface area contributed by atoms with Gasteiger partial charge in [-0.05, 0) is 42.6 Å². The summed E-state index contributed by atoms with van der Waals surface area (Å²) < 4.78 is 0. The van der Waals surface area contributed by atoms with Crippen LogP contribution in [0.5, 0.6) is 0 Å². The van der Waals surface area contributed by atoms with Gasteiger partial charge >= 0.3 is 0 Å². The first-order valence-corrected chi connectivity index (χ1v) is 8.37. The summed E-state index contributed by atoms with van der Waals surface area (Å²) in [6.07, 6.45) is 8.59. The molecule has 3 atom stereocenters. The minimum Gasteiger partial charge on any atom is -0.298 e. The highest BCUT2D eigenvalue weighted by atomic mass is 35.5. The van der Waals surface area contributed by atoms with E-state index in [9.17, 15) is 0 Å². The van der Waals surface area contributed by atoms with E-state index in [-0.39, 0.29) is 12.4 Å². The number of likely N-dealkylation sites (tertiary alicyclic amines) is 1. The number of hydrogen-bond donors (Lipinski definition) is 0. The first-order valence-electron chi connectivity index (χ1n) is 7.84. The van der Waals surface area contributed by atoms with Crippen LogP contribution >= 0.6 is 24.0 Å². The number of halogens is 2. The van der Waals surface area contributed by atoms with Gasteiger partial charge in [0, 0.05) is 25.5 Å². The second kappa shape index (κ2) is 8.22. The number of allylic oxidation sites excluding steroid dienone is 2. The van der Waals surface area contributed by atoms with Crippen molar-refractivity contribution in [3.8, 4) is 0 Å². The van der Waals surface area contributed by atoms with Gasteiger partial charge in [0.2, 0.25) is 0 Å². The molecule has 1 aromatic rings. The molecule has 1 unspecified atom stereocenters. The summed E-state index contributed by atoms with van der Waals surface area (Å²) in [5.41, 5.74) is 1.42. The van der Waals surface area contributed by atoms with Crippen molar-refractivity contribution in [2.24, 2.45) is 17.8 Å². The van der Waals surface area contributed by atoms with Gasteiger partial charge < -0.3 is 0 Å². The highest BCUT2D eigenvalue weighted by Crippen LogP contribution is 2.37. The summed E-state index contributed by atoms with van der Waals surface area (Å²) in [7, 11) is 0. The molecule has 1 aliphatic heterocycles. The summed E-state index contributed by atoms with van der Waals surface area (Å²) in [4.78, 5) is 2.60. The van der Waals surface area contributed by atoms with Crippen molar-refractivity contribution in [3.05, 3.63) is 48.0 Å². The van der Waals surface area contributed by atoms with E-state index in [1.807, 2.05) is 0 Å². The Labute approximate surface area is 139 Å². The third kappa shape index (κ3) is 4.25. The molecule has 1 fully saturated rings. The highest BCUT2D eigenvalue weighted by molar-refractivity contribution is 6.18. The van der Waals surface area contributed by atoms with Crippen LogP contribution in [-0.4, -0.2) is 23.9 Å². The molecule has 0 spiro atoms. The van der Waals surface area contributed by atoms with E-state index in [1.165, 1.54) is 37.9 Å². The van der Waals surface area contributed by atoms with Gasteiger partial charge in [0.1, 0.15) is 0 Å². The van der Waals surface area contributed by atoms with Crippen molar-refractivity contribution < 1.29 is 0 Å². The maximum atomic E-state index is 6.25. The van der Waals surface area contributed by atoms with Gasteiger partial charge in [-0.1, -0.05) is 42.5 Å². The molecule has 0 saturated carbocycles. The first kappa shape index (κ1) is 16.9. The minimum absolute atomic E-state index is 0. The molecular weight excluding hydrogens is 301 g/mol. The third-order valence-electron chi connectivity index (χ3n) is 4.93. The average Bonchev–Trinajstić information content (AvgIpc) is 2.92. The molecule has 3 heteroatoms. The van der Waals surface area contributed by atoms with Crippen molar-refractivity contribution in [1.29, 1.82) is 0 Å². The molecule has 21 heavy (non-hydrogen) atoms. The second-order valence-electron chi connectivity index (χ2n) is 6.30. The van der Waals surface area contributed by atoms with Crippen LogP contribution in [0, 0.1) is 17.8 Å². The van der Waals surface area contributed by atoms with Gasteiger partial charge in [0.05, 0.1) is 0 Å². The van der Waals surface area contributed by atoms with E-state index in [4.69, 9.17) is 11.6 Å². The average molecular weight is 326 g/mol. The van der Waals surface area contributed by atoms with Crippen molar-refractivity contribution >= 4 is 24.0 Å². The van der Waals surface area contributed by atoms with E-state index < -0.39 is 0 Å². The van der Waals surface area contributed by atoms with Gasteiger partial charge in [-0.15, -0.1) is 24.0 Å². The zero-order valence-electron chi connectivity index (χ0n) is 12.5. The predicted octanol–water partition coefficient (Wildman–Crippen LogP) is 4.75. The lowest BCUT2D eigenvalue weighted by Crippen LogP contribution is -2.25. The van der Waals surface area contributed by atoms with Gasteiger partial charge in [0.15, 0.2) is 0 Å². The number of benzene rings is 1. The zero-order valence-corrected chi connectivity index (χ0v) is 14.0. The maximum absolute atomic E-state index is 6.25. The van der Waals surface area contributed by atoms with Crippen LogP contribution in [0.25, 0.3) is 0 Å². The Morgan fingerprint density at radius 2 is 1.90 bits per heavy atom. The quantitative estimate of drug-likeness (QED) is 0.570. The van der Waals surface area contributed by atoms with Crippen LogP contribution in [-0.2, 0) is 6.54 Å². The Bertz CT molecular complexity index is 446. The Morgan fingerprint density at radius 3 is 2.57 bits per heavy atom. The van der Waals surface area contributed by atoms with Crippen LogP contribution < -0.4 is 0 Å². The van der Waals surface area contributed by atoms with E-state index >= 15 is 0 Å². The minimum atomic E-state index is 0. The lowest BCUT2D eigenvalue weighted by molar-refractivity contribution is 0.258. The molecule has 0 radical (unpaired) electrons. The Balaban J connectivity index is 0.00000161. The molecule has 0 amide bonds. The molecule has 1 aliphatic carbocycles.